The molecule has 1 aliphatic carbocycles. The Morgan fingerprint density at radius 3 is 3.00 bits per heavy atom. The van der Waals surface area contributed by atoms with Crippen LogP contribution in [0.4, 0.5) is 4.39 Å². The lowest BCUT2D eigenvalue weighted by Crippen LogP contribution is -1.97. The van der Waals surface area contributed by atoms with Gasteiger partial charge in [0.25, 0.3) is 0 Å². The van der Waals surface area contributed by atoms with E-state index in [1.807, 2.05) is 0 Å². The third-order valence-electron chi connectivity index (χ3n) is 1.59. The second-order valence-electron chi connectivity index (χ2n) is 2.76. The van der Waals surface area contributed by atoms with Gasteiger partial charge in [-0.1, -0.05) is 11.6 Å². The molecular weight excluding hydrogens is 181 g/mol. The molecule has 64 valence electrons. The van der Waals surface area contributed by atoms with Crippen LogP contribution in [0.25, 0.3) is 0 Å². The molecule has 0 amide bonds. The number of aromatic nitrogens is 1. The van der Waals surface area contributed by atoms with Crippen molar-refractivity contribution in [2.45, 2.75) is 18.9 Å². The summed E-state index contributed by atoms with van der Waals surface area (Å²) in [5.41, 5.74) is 0. The van der Waals surface area contributed by atoms with Crippen molar-refractivity contribution in [3.8, 4) is 5.75 Å². The molecule has 0 spiro atoms. The smallest absolute Gasteiger partial charge is 0.171 e. The summed E-state index contributed by atoms with van der Waals surface area (Å²) in [5, 5.41) is 0.225. The molecule has 0 aromatic carbocycles. The number of hydrogen-bond acceptors (Lipinski definition) is 2. The summed E-state index contributed by atoms with van der Waals surface area (Å²) in [6.07, 6.45) is 3.33. The Kier molecular flexibility index (Phi) is 1.89. The van der Waals surface area contributed by atoms with Gasteiger partial charge in [-0.15, -0.1) is 0 Å². The third-order valence-corrected chi connectivity index (χ3v) is 1.88. The molecule has 12 heavy (non-hydrogen) atoms. The van der Waals surface area contributed by atoms with Crippen molar-refractivity contribution in [2.24, 2.45) is 0 Å². The number of nitrogens with zero attached hydrogens (tertiary/aromatic N) is 1. The summed E-state index contributed by atoms with van der Waals surface area (Å²) in [6.45, 7) is 0. The van der Waals surface area contributed by atoms with E-state index in [0.29, 0.717) is 5.75 Å². The first kappa shape index (κ1) is 7.80. The second kappa shape index (κ2) is 2.90. The largest absolute Gasteiger partial charge is 0.487 e. The van der Waals surface area contributed by atoms with E-state index in [4.69, 9.17) is 16.3 Å². The van der Waals surface area contributed by atoms with E-state index in [1.165, 1.54) is 6.07 Å². The Hall–Kier alpha value is -0.830. The average molecular weight is 188 g/mol. The van der Waals surface area contributed by atoms with E-state index in [0.717, 1.165) is 19.0 Å². The Morgan fingerprint density at radius 1 is 1.58 bits per heavy atom. The predicted molar refractivity (Wildman–Crippen MR) is 42.9 cm³/mol. The van der Waals surface area contributed by atoms with Crippen LogP contribution in [0, 0.1) is 5.82 Å². The van der Waals surface area contributed by atoms with Crippen molar-refractivity contribution in [1.82, 2.24) is 4.98 Å². The van der Waals surface area contributed by atoms with Gasteiger partial charge < -0.3 is 4.74 Å². The van der Waals surface area contributed by atoms with E-state index in [1.54, 1.807) is 0 Å². The lowest BCUT2D eigenvalue weighted by Gasteiger charge is -2.04. The van der Waals surface area contributed by atoms with Crippen LogP contribution in [0.5, 0.6) is 5.75 Å². The van der Waals surface area contributed by atoms with Gasteiger partial charge in [0.15, 0.2) is 10.9 Å². The summed E-state index contributed by atoms with van der Waals surface area (Å²) < 4.78 is 17.9. The minimum absolute atomic E-state index is 0.214. The Bertz CT molecular complexity index is 301. The molecule has 0 atom stereocenters. The molecule has 2 rings (SSSR count). The normalized spacial score (nSPS) is 16.2. The van der Waals surface area contributed by atoms with Crippen LogP contribution >= 0.6 is 11.6 Å². The van der Waals surface area contributed by atoms with Gasteiger partial charge in [-0.3, -0.25) is 0 Å². The van der Waals surface area contributed by atoms with Crippen LogP contribution < -0.4 is 4.74 Å². The fourth-order valence-corrected chi connectivity index (χ4v) is 1.00. The summed E-state index contributed by atoms with van der Waals surface area (Å²) >= 11 is 5.67. The molecule has 2 nitrogen and oxygen atoms in total. The van der Waals surface area contributed by atoms with Gasteiger partial charge in [0, 0.05) is 6.07 Å². The molecule has 0 radical (unpaired) electrons. The minimum Gasteiger partial charge on any atom is -0.487 e. The van der Waals surface area contributed by atoms with Gasteiger partial charge in [-0.2, -0.15) is 0 Å². The zero-order valence-electron chi connectivity index (χ0n) is 6.26. The maximum Gasteiger partial charge on any atom is 0.171 e. The second-order valence-corrected chi connectivity index (χ2v) is 3.12. The van der Waals surface area contributed by atoms with E-state index in [9.17, 15) is 4.39 Å². The standard InChI is InChI=1S/C8H7ClFNO/c9-8-7(12-6-1-2-6)3-5(10)4-11-8/h3-4,6H,1-2H2. The number of rotatable bonds is 2. The van der Waals surface area contributed by atoms with Crippen molar-refractivity contribution in [3.63, 3.8) is 0 Å². The minimum atomic E-state index is -0.421. The Labute approximate surface area is 74.3 Å². The first-order valence-corrected chi connectivity index (χ1v) is 4.11. The molecule has 0 saturated heterocycles. The first-order chi connectivity index (χ1) is 5.75. The molecule has 1 aromatic rings. The summed E-state index contributed by atoms with van der Waals surface area (Å²) in [6, 6.07) is 1.26. The van der Waals surface area contributed by atoms with Crippen LogP contribution in [0.2, 0.25) is 5.15 Å². The van der Waals surface area contributed by atoms with Crippen molar-refractivity contribution in [3.05, 3.63) is 23.2 Å². The highest BCUT2D eigenvalue weighted by atomic mass is 35.5. The van der Waals surface area contributed by atoms with Crippen molar-refractivity contribution in [1.29, 1.82) is 0 Å². The fraction of sp³-hybridized carbons (Fsp3) is 0.375. The number of ether oxygens (including phenoxy) is 1. The summed E-state index contributed by atoms with van der Waals surface area (Å²) in [7, 11) is 0. The molecule has 1 fully saturated rings. The molecule has 4 heteroatoms. The zero-order valence-corrected chi connectivity index (χ0v) is 7.01. The van der Waals surface area contributed by atoms with Crippen molar-refractivity contribution in [2.75, 3.05) is 0 Å². The van der Waals surface area contributed by atoms with E-state index < -0.39 is 5.82 Å². The molecular formula is C8H7ClFNO. The summed E-state index contributed by atoms with van der Waals surface area (Å²) in [4.78, 5) is 3.62. The highest BCUT2D eigenvalue weighted by Gasteiger charge is 2.24. The third kappa shape index (κ3) is 1.67. The Balaban J connectivity index is 2.21. The predicted octanol–water partition coefficient (Wildman–Crippen LogP) is 2.42. The van der Waals surface area contributed by atoms with Crippen LogP contribution in [0.3, 0.4) is 0 Å². The number of halogens is 2. The van der Waals surface area contributed by atoms with Gasteiger partial charge in [-0.25, -0.2) is 9.37 Å². The Morgan fingerprint density at radius 2 is 2.33 bits per heavy atom. The van der Waals surface area contributed by atoms with Gasteiger partial charge in [-0.05, 0) is 12.8 Å². The van der Waals surface area contributed by atoms with Crippen molar-refractivity contribution >= 4 is 11.6 Å². The van der Waals surface area contributed by atoms with Crippen LogP contribution in [0.1, 0.15) is 12.8 Å². The average Bonchev–Trinajstić information content (AvgIpc) is 2.81. The molecule has 1 aliphatic rings. The van der Waals surface area contributed by atoms with Gasteiger partial charge in [0.05, 0.1) is 12.3 Å². The lowest BCUT2D eigenvalue weighted by molar-refractivity contribution is 0.300. The van der Waals surface area contributed by atoms with Gasteiger partial charge in [0.2, 0.25) is 0 Å². The van der Waals surface area contributed by atoms with Crippen LogP contribution in [-0.4, -0.2) is 11.1 Å². The molecule has 1 heterocycles. The van der Waals surface area contributed by atoms with E-state index >= 15 is 0 Å². The maximum atomic E-state index is 12.6. The monoisotopic (exact) mass is 187 g/mol. The lowest BCUT2D eigenvalue weighted by atomic mass is 10.4. The topological polar surface area (TPSA) is 22.1 Å². The van der Waals surface area contributed by atoms with Crippen LogP contribution in [-0.2, 0) is 0 Å². The maximum absolute atomic E-state index is 12.6. The zero-order chi connectivity index (χ0) is 8.55. The van der Waals surface area contributed by atoms with E-state index in [2.05, 4.69) is 4.98 Å². The van der Waals surface area contributed by atoms with Gasteiger partial charge >= 0.3 is 0 Å². The highest BCUT2D eigenvalue weighted by molar-refractivity contribution is 6.30. The fourth-order valence-electron chi connectivity index (χ4n) is 0.852. The molecule has 1 aromatic heterocycles. The van der Waals surface area contributed by atoms with Crippen molar-refractivity contribution < 1.29 is 9.13 Å². The SMILES string of the molecule is Fc1cnc(Cl)c(OC2CC2)c1. The molecule has 0 N–H and O–H groups in total. The molecule has 0 bridgehead atoms. The number of hydrogen-bond donors (Lipinski definition) is 0. The van der Waals surface area contributed by atoms with Crippen LogP contribution in [0.15, 0.2) is 12.3 Å². The highest BCUT2D eigenvalue weighted by Crippen LogP contribution is 2.30. The number of pyridine rings is 1. The molecule has 0 unspecified atom stereocenters. The molecule has 1 saturated carbocycles. The molecule has 0 aliphatic heterocycles. The summed E-state index contributed by atoms with van der Waals surface area (Å²) in [5.74, 6) is -0.0748. The first-order valence-electron chi connectivity index (χ1n) is 3.73. The van der Waals surface area contributed by atoms with E-state index in [-0.39, 0.29) is 11.3 Å². The quantitative estimate of drug-likeness (QED) is 0.664. The van der Waals surface area contributed by atoms with Gasteiger partial charge in [0.1, 0.15) is 5.82 Å².